The number of fused-ring (bicyclic) bond motifs is 1. The van der Waals surface area contributed by atoms with Crippen LogP contribution in [0.5, 0.6) is 0 Å². The largest absolute Gasteiger partial charge is 0.436 e. The molecule has 1 amide bonds. The Bertz CT molecular complexity index is 1180. The van der Waals surface area contributed by atoms with Crippen molar-refractivity contribution < 1.29 is 13.6 Å². The molecule has 0 aliphatic rings. The molecule has 4 aromatic rings. The average Bonchev–Trinajstić information content (AvgIpc) is 3.30. The highest BCUT2D eigenvalue weighted by Crippen LogP contribution is 2.26. The van der Waals surface area contributed by atoms with Crippen LogP contribution in [-0.2, 0) is 13.6 Å². The first-order chi connectivity index (χ1) is 13.9. The van der Waals surface area contributed by atoms with Crippen LogP contribution in [0.2, 0.25) is 0 Å². The van der Waals surface area contributed by atoms with E-state index in [0.29, 0.717) is 34.7 Å². The first kappa shape index (κ1) is 18.9. The Labute approximate surface area is 167 Å². The molecule has 0 N–H and O–H groups in total. The van der Waals surface area contributed by atoms with E-state index in [1.807, 2.05) is 31.7 Å². The quantitative estimate of drug-likeness (QED) is 0.504. The molecule has 29 heavy (non-hydrogen) atoms. The third kappa shape index (κ3) is 3.76. The predicted molar refractivity (Wildman–Crippen MR) is 108 cm³/mol. The van der Waals surface area contributed by atoms with Gasteiger partial charge in [0.2, 0.25) is 5.89 Å². The molecule has 0 fully saturated rings. The first-order valence-corrected chi connectivity index (χ1v) is 9.36. The molecule has 0 saturated carbocycles. The van der Waals surface area contributed by atoms with Crippen molar-refractivity contribution >= 4 is 17.0 Å². The second kappa shape index (κ2) is 7.50. The summed E-state index contributed by atoms with van der Waals surface area (Å²) in [5.41, 5.74) is 2.16. The lowest BCUT2D eigenvalue weighted by Gasteiger charge is -2.26. The Morgan fingerprint density at radius 2 is 2.07 bits per heavy atom. The Hall–Kier alpha value is -3.48. The zero-order valence-corrected chi connectivity index (χ0v) is 16.5. The molecule has 0 bridgehead atoms. The molecule has 6 nitrogen and oxygen atoms in total. The zero-order valence-electron chi connectivity index (χ0n) is 16.5. The summed E-state index contributed by atoms with van der Waals surface area (Å²) in [6, 6.07) is 11.2. The van der Waals surface area contributed by atoms with Gasteiger partial charge >= 0.3 is 0 Å². The lowest BCUT2D eigenvalue weighted by Crippen LogP contribution is -2.37. The van der Waals surface area contributed by atoms with Gasteiger partial charge in [-0.3, -0.25) is 4.79 Å². The van der Waals surface area contributed by atoms with Crippen molar-refractivity contribution in [3.8, 4) is 11.5 Å². The summed E-state index contributed by atoms with van der Waals surface area (Å²) in [7, 11) is 1.90. The fourth-order valence-electron chi connectivity index (χ4n) is 3.16. The monoisotopic (exact) mass is 392 g/mol. The van der Waals surface area contributed by atoms with Crippen LogP contribution in [0, 0.1) is 5.82 Å². The lowest BCUT2D eigenvalue weighted by molar-refractivity contribution is 0.0683. The number of imidazole rings is 1. The molecule has 0 atom stereocenters. The van der Waals surface area contributed by atoms with Crippen molar-refractivity contribution in [2.24, 2.45) is 7.05 Å². The summed E-state index contributed by atoms with van der Waals surface area (Å²) in [5.74, 6) is 0.656. The molecule has 0 spiro atoms. The molecule has 148 valence electrons. The van der Waals surface area contributed by atoms with Crippen LogP contribution < -0.4 is 0 Å². The predicted octanol–water partition coefficient (Wildman–Crippen LogP) is 4.42. The minimum absolute atomic E-state index is 0.00457. The van der Waals surface area contributed by atoms with E-state index in [0.717, 1.165) is 5.82 Å². The Balaban J connectivity index is 1.65. The number of halogens is 1. The normalized spacial score (nSPS) is 11.3. The summed E-state index contributed by atoms with van der Waals surface area (Å²) in [4.78, 5) is 23.7. The summed E-state index contributed by atoms with van der Waals surface area (Å²) in [6.45, 7) is 4.35. The van der Waals surface area contributed by atoms with Crippen molar-refractivity contribution in [1.82, 2.24) is 19.4 Å². The molecule has 4 rings (SSSR count). The highest BCUT2D eigenvalue weighted by Gasteiger charge is 2.22. The summed E-state index contributed by atoms with van der Waals surface area (Å²) >= 11 is 0. The molecule has 0 unspecified atom stereocenters. The topological polar surface area (TPSA) is 64.2 Å². The van der Waals surface area contributed by atoms with Crippen LogP contribution in [-0.4, -0.2) is 31.4 Å². The summed E-state index contributed by atoms with van der Waals surface area (Å²) in [5, 5.41) is 0. The number of oxazole rings is 1. The van der Waals surface area contributed by atoms with Gasteiger partial charge in [0.1, 0.15) is 17.2 Å². The van der Waals surface area contributed by atoms with Gasteiger partial charge in [0.15, 0.2) is 5.58 Å². The maximum absolute atomic E-state index is 13.5. The molecule has 0 radical (unpaired) electrons. The van der Waals surface area contributed by atoms with Gasteiger partial charge in [0.05, 0.1) is 6.54 Å². The van der Waals surface area contributed by atoms with E-state index < -0.39 is 0 Å². The Morgan fingerprint density at radius 1 is 1.24 bits per heavy atom. The van der Waals surface area contributed by atoms with Gasteiger partial charge in [-0.2, -0.15) is 0 Å². The van der Waals surface area contributed by atoms with Gasteiger partial charge in [0.25, 0.3) is 5.91 Å². The molecule has 0 aliphatic carbocycles. The third-order valence-electron chi connectivity index (χ3n) is 4.82. The summed E-state index contributed by atoms with van der Waals surface area (Å²) in [6.07, 6.45) is 3.57. The van der Waals surface area contributed by atoms with E-state index in [2.05, 4.69) is 9.97 Å². The number of amides is 1. The van der Waals surface area contributed by atoms with Gasteiger partial charge < -0.3 is 13.9 Å². The second-order valence-electron chi connectivity index (χ2n) is 7.19. The van der Waals surface area contributed by atoms with E-state index in [1.165, 1.54) is 12.1 Å². The SMILES string of the molecule is CC(C)N(Cc1nccn1C)C(=O)c1ccc2oc(-c3cccc(F)c3)nc2c1. The molecular formula is C22H21FN4O2. The smallest absolute Gasteiger partial charge is 0.254 e. The van der Waals surface area contributed by atoms with Crippen LogP contribution >= 0.6 is 0 Å². The van der Waals surface area contributed by atoms with E-state index in [-0.39, 0.29) is 17.8 Å². The molecule has 2 aromatic carbocycles. The van der Waals surface area contributed by atoms with Crippen molar-refractivity contribution in [1.29, 1.82) is 0 Å². The fourth-order valence-corrected chi connectivity index (χ4v) is 3.16. The van der Waals surface area contributed by atoms with Gasteiger partial charge in [-0.05, 0) is 50.2 Å². The third-order valence-corrected chi connectivity index (χ3v) is 4.82. The number of hydrogen-bond donors (Lipinski definition) is 0. The van der Waals surface area contributed by atoms with Crippen LogP contribution in [0.15, 0.2) is 59.3 Å². The highest BCUT2D eigenvalue weighted by atomic mass is 19.1. The lowest BCUT2D eigenvalue weighted by atomic mass is 10.1. The van der Waals surface area contributed by atoms with Gasteiger partial charge in [-0.25, -0.2) is 14.4 Å². The number of carbonyl (C=O) groups excluding carboxylic acids is 1. The van der Waals surface area contributed by atoms with E-state index >= 15 is 0 Å². The number of aryl methyl sites for hydroxylation is 1. The van der Waals surface area contributed by atoms with E-state index in [9.17, 15) is 9.18 Å². The highest BCUT2D eigenvalue weighted by molar-refractivity contribution is 5.97. The Morgan fingerprint density at radius 3 is 2.76 bits per heavy atom. The first-order valence-electron chi connectivity index (χ1n) is 9.36. The molecule has 2 heterocycles. The van der Waals surface area contributed by atoms with Gasteiger partial charge in [0, 0.05) is 36.6 Å². The molecule has 0 aliphatic heterocycles. The Kier molecular flexibility index (Phi) is 4.88. The number of hydrogen-bond acceptors (Lipinski definition) is 4. The number of carbonyl (C=O) groups is 1. The van der Waals surface area contributed by atoms with Crippen molar-refractivity contribution in [3.63, 3.8) is 0 Å². The molecular weight excluding hydrogens is 371 g/mol. The number of aromatic nitrogens is 3. The van der Waals surface area contributed by atoms with Crippen LogP contribution in [0.4, 0.5) is 4.39 Å². The number of rotatable bonds is 5. The molecule has 7 heteroatoms. The zero-order chi connectivity index (χ0) is 20.5. The number of nitrogens with zero attached hydrogens (tertiary/aromatic N) is 4. The average molecular weight is 392 g/mol. The maximum atomic E-state index is 13.5. The van der Waals surface area contributed by atoms with Gasteiger partial charge in [-0.1, -0.05) is 6.07 Å². The van der Waals surface area contributed by atoms with Crippen LogP contribution in [0.3, 0.4) is 0 Å². The molecule has 2 aromatic heterocycles. The number of benzene rings is 2. The van der Waals surface area contributed by atoms with Crippen LogP contribution in [0.1, 0.15) is 30.0 Å². The van der Waals surface area contributed by atoms with Crippen LogP contribution in [0.25, 0.3) is 22.6 Å². The minimum atomic E-state index is -0.359. The van der Waals surface area contributed by atoms with Crippen molar-refractivity contribution in [3.05, 3.63) is 72.1 Å². The van der Waals surface area contributed by atoms with E-state index in [4.69, 9.17) is 4.42 Å². The standard InChI is InChI=1S/C22H21FN4O2/c1-14(2)27(13-20-24-9-10-26(20)3)22(28)16-7-8-19-18(12-16)25-21(29-19)15-5-4-6-17(23)11-15/h4-12,14H,13H2,1-3H3. The second-order valence-corrected chi connectivity index (χ2v) is 7.19. The minimum Gasteiger partial charge on any atom is -0.436 e. The van der Waals surface area contributed by atoms with Gasteiger partial charge in [-0.15, -0.1) is 0 Å². The van der Waals surface area contributed by atoms with Crippen molar-refractivity contribution in [2.45, 2.75) is 26.4 Å². The van der Waals surface area contributed by atoms with Crippen molar-refractivity contribution in [2.75, 3.05) is 0 Å². The fraction of sp³-hybridized carbons (Fsp3) is 0.227. The molecule has 0 saturated heterocycles. The summed E-state index contributed by atoms with van der Waals surface area (Å²) < 4.78 is 21.1. The van der Waals surface area contributed by atoms with E-state index in [1.54, 1.807) is 41.4 Å². The maximum Gasteiger partial charge on any atom is 0.254 e.